The van der Waals surface area contributed by atoms with Gasteiger partial charge in [0.05, 0.1) is 0 Å². The molecule has 1 nitrogen and oxygen atoms in total. The number of hydrogen-bond acceptors (Lipinski definition) is 1. The topological polar surface area (TPSA) is 3.24 Å². The van der Waals surface area contributed by atoms with E-state index in [4.69, 9.17) is 0 Å². The zero-order valence-corrected chi connectivity index (χ0v) is 13.0. The molecule has 2 unspecified atom stereocenters. The van der Waals surface area contributed by atoms with E-state index in [2.05, 4.69) is 58.8 Å². The van der Waals surface area contributed by atoms with Crippen molar-refractivity contribution in [1.29, 1.82) is 0 Å². The molecule has 1 saturated heterocycles. The fraction of sp³-hybridized carbons (Fsp3) is 0.765. The molecule has 0 N–H and O–H groups in total. The van der Waals surface area contributed by atoms with Crippen LogP contribution < -0.4 is 0 Å². The highest BCUT2D eigenvalue weighted by molar-refractivity contribution is 5.09. The molecule has 2 atom stereocenters. The summed E-state index contributed by atoms with van der Waals surface area (Å²) in [5.74, 6) is 1.24. The van der Waals surface area contributed by atoms with Gasteiger partial charge in [-0.25, -0.2) is 0 Å². The standard InChI is InChI=1S/C17H31N/c1-8-15-10-9-11-18(15)14(4)16(13(2)3)12-17(5,6)7/h8,13,15-16H,1,4,9-12H2,2-3,5-7H3. The second kappa shape index (κ2) is 5.95. The molecule has 1 heterocycles. The Morgan fingerprint density at radius 2 is 2.00 bits per heavy atom. The van der Waals surface area contributed by atoms with Gasteiger partial charge in [-0.2, -0.15) is 0 Å². The minimum atomic E-state index is 0.362. The zero-order valence-electron chi connectivity index (χ0n) is 13.0. The fourth-order valence-electron chi connectivity index (χ4n) is 3.01. The summed E-state index contributed by atoms with van der Waals surface area (Å²) in [6.45, 7) is 21.2. The molecule has 0 aromatic heterocycles. The van der Waals surface area contributed by atoms with Crippen molar-refractivity contribution < 1.29 is 0 Å². The molecular weight excluding hydrogens is 218 g/mol. The minimum Gasteiger partial charge on any atom is -0.369 e. The van der Waals surface area contributed by atoms with Crippen LogP contribution in [0.1, 0.15) is 53.9 Å². The van der Waals surface area contributed by atoms with Gasteiger partial charge >= 0.3 is 0 Å². The monoisotopic (exact) mass is 249 g/mol. The molecular formula is C17H31N. The Kier molecular flexibility index (Phi) is 5.07. The number of allylic oxidation sites excluding steroid dienone is 1. The Balaban J connectivity index is 2.79. The lowest BCUT2D eigenvalue weighted by molar-refractivity contribution is 0.217. The first-order chi connectivity index (χ1) is 8.26. The lowest BCUT2D eigenvalue weighted by Gasteiger charge is -2.37. The van der Waals surface area contributed by atoms with Gasteiger partial charge in [0.25, 0.3) is 0 Å². The molecule has 1 aliphatic heterocycles. The molecule has 1 heteroatoms. The predicted octanol–water partition coefficient (Wildman–Crippen LogP) is 4.86. The minimum absolute atomic E-state index is 0.362. The first kappa shape index (κ1) is 15.3. The first-order valence-corrected chi connectivity index (χ1v) is 7.34. The Morgan fingerprint density at radius 1 is 1.39 bits per heavy atom. The van der Waals surface area contributed by atoms with Crippen LogP contribution in [0.25, 0.3) is 0 Å². The van der Waals surface area contributed by atoms with E-state index in [1.807, 2.05) is 0 Å². The number of hydrogen-bond donors (Lipinski definition) is 0. The molecule has 1 aliphatic rings. The van der Waals surface area contributed by atoms with Crippen molar-refractivity contribution in [1.82, 2.24) is 4.90 Å². The van der Waals surface area contributed by atoms with E-state index in [1.165, 1.54) is 25.0 Å². The maximum absolute atomic E-state index is 4.42. The quantitative estimate of drug-likeness (QED) is 0.629. The maximum atomic E-state index is 4.42. The zero-order chi connectivity index (χ0) is 13.9. The van der Waals surface area contributed by atoms with Crippen LogP contribution in [-0.4, -0.2) is 17.5 Å². The van der Waals surface area contributed by atoms with E-state index >= 15 is 0 Å². The third-order valence-electron chi connectivity index (χ3n) is 4.01. The molecule has 0 aromatic carbocycles. The van der Waals surface area contributed by atoms with Gasteiger partial charge in [-0.15, -0.1) is 6.58 Å². The first-order valence-electron chi connectivity index (χ1n) is 7.34. The summed E-state index contributed by atoms with van der Waals surface area (Å²) in [6.07, 6.45) is 5.81. The van der Waals surface area contributed by atoms with Crippen molar-refractivity contribution in [2.75, 3.05) is 6.54 Å². The van der Waals surface area contributed by atoms with Gasteiger partial charge in [0.1, 0.15) is 0 Å². The van der Waals surface area contributed by atoms with Crippen molar-refractivity contribution in [2.24, 2.45) is 17.3 Å². The highest BCUT2D eigenvalue weighted by Crippen LogP contribution is 2.37. The van der Waals surface area contributed by atoms with E-state index in [9.17, 15) is 0 Å². The Hall–Kier alpha value is -0.720. The van der Waals surface area contributed by atoms with Gasteiger partial charge in [-0.05, 0) is 30.6 Å². The van der Waals surface area contributed by atoms with Crippen LogP contribution in [0.5, 0.6) is 0 Å². The molecule has 104 valence electrons. The van der Waals surface area contributed by atoms with Crippen molar-refractivity contribution >= 4 is 0 Å². The van der Waals surface area contributed by atoms with E-state index in [0.717, 1.165) is 6.54 Å². The summed E-state index contributed by atoms with van der Waals surface area (Å²) < 4.78 is 0. The maximum Gasteiger partial charge on any atom is 0.0468 e. The van der Waals surface area contributed by atoms with Gasteiger partial charge in [0.2, 0.25) is 0 Å². The number of nitrogens with zero attached hydrogens (tertiary/aromatic N) is 1. The van der Waals surface area contributed by atoms with Gasteiger partial charge in [-0.3, -0.25) is 0 Å². The molecule has 1 fully saturated rings. The smallest absolute Gasteiger partial charge is 0.0468 e. The summed E-state index contributed by atoms with van der Waals surface area (Å²) in [6, 6.07) is 0.513. The molecule has 0 amide bonds. The van der Waals surface area contributed by atoms with Crippen LogP contribution in [0.15, 0.2) is 24.9 Å². The second-order valence-electron chi connectivity index (χ2n) is 7.25. The van der Waals surface area contributed by atoms with Crippen LogP contribution >= 0.6 is 0 Å². The second-order valence-corrected chi connectivity index (χ2v) is 7.25. The molecule has 0 saturated carbocycles. The third-order valence-corrected chi connectivity index (χ3v) is 4.01. The Morgan fingerprint density at radius 3 is 2.44 bits per heavy atom. The average Bonchev–Trinajstić information content (AvgIpc) is 2.71. The summed E-state index contributed by atoms with van der Waals surface area (Å²) in [4.78, 5) is 2.49. The van der Waals surface area contributed by atoms with E-state index in [1.54, 1.807) is 0 Å². The fourth-order valence-corrected chi connectivity index (χ4v) is 3.01. The van der Waals surface area contributed by atoms with Crippen molar-refractivity contribution in [3.8, 4) is 0 Å². The summed E-state index contributed by atoms with van der Waals surface area (Å²) in [5, 5.41) is 0. The lowest BCUT2D eigenvalue weighted by Crippen LogP contribution is -2.33. The van der Waals surface area contributed by atoms with Crippen molar-refractivity contribution in [3.63, 3.8) is 0 Å². The number of rotatable bonds is 5. The van der Waals surface area contributed by atoms with Gasteiger partial charge < -0.3 is 4.90 Å². The van der Waals surface area contributed by atoms with Crippen LogP contribution in [-0.2, 0) is 0 Å². The van der Waals surface area contributed by atoms with Crippen LogP contribution in [0, 0.1) is 17.3 Å². The average molecular weight is 249 g/mol. The molecule has 0 aromatic rings. The summed E-state index contributed by atoms with van der Waals surface area (Å²) >= 11 is 0. The highest BCUT2D eigenvalue weighted by Gasteiger charge is 2.30. The predicted molar refractivity (Wildman–Crippen MR) is 81.5 cm³/mol. The van der Waals surface area contributed by atoms with Gasteiger partial charge in [0, 0.05) is 24.2 Å². The van der Waals surface area contributed by atoms with E-state index in [-0.39, 0.29) is 0 Å². The summed E-state index contributed by atoms with van der Waals surface area (Å²) in [5.41, 5.74) is 1.70. The lowest BCUT2D eigenvalue weighted by atomic mass is 9.78. The molecule has 0 aliphatic carbocycles. The molecule has 1 rings (SSSR count). The van der Waals surface area contributed by atoms with Crippen LogP contribution in [0.2, 0.25) is 0 Å². The molecule has 0 bridgehead atoms. The largest absolute Gasteiger partial charge is 0.369 e. The normalized spacial score (nSPS) is 22.3. The van der Waals surface area contributed by atoms with Crippen molar-refractivity contribution in [3.05, 3.63) is 24.9 Å². The van der Waals surface area contributed by atoms with Crippen LogP contribution in [0.4, 0.5) is 0 Å². The molecule has 0 radical (unpaired) electrons. The van der Waals surface area contributed by atoms with E-state index in [0.29, 0.717) is 23.3 Å². The molecule has 0 spiro atoms. The number of likely N-dealkylation sites (tertiary alicyclic amines) is 1. The Labute approximate surface area is 114 Å². The van der Waals surface area contributed by atoms with Crippen molar-refractivity contribution in [2.45, 2.75) is 59.9 Å². The third kappa shape index (κ3) is 3.90. The summed E-state index contributed by atoms with van der Waals surface area (Å²) in [7, 11) is 0. The van der Waals surface area contributed by atoms with E-state index < -0.39 is 0 Å². The van der Waals surface area contributed by atoms with Gasteiger partial charge in [0.15, 0.2) is 0 Å². The SMILES string of the molecule is C=CC1CCCN1C(=C)C(CC(C)(C)C)C(C)C. The van der Waals surface area contributed by atoms with Gasteiger partial charge in [-0.1, -0.05) is 47.3 Å². The highest BCUT2D eigenvalue weighted by atomic mass is 15.2. The molecule has 18 heavy (non-hydrogen) atoms. The van der Waals surface area contributed by atoms with Crippen LogP contribution in [0.3, 0.4) is 0 Å². The Bertz CT molecular complexity index is 295.